The Morgan fingerprint density at radius 1 is 1.19 bits per heavy atom. The van der Waals surface area contributed by atoms with Crippen LogP contribution in [0.2, 0.25) is 0 Å². The standard InChI is InChI=1S/C25H30N2O4/c1-17-5-3-8-21-24(17)18(9-10-23(29)30)16-27(21)22(28)11-14-26-25(12-13-25)19-6-4-7-20(15-19)31-2/h3-8,15,18,26H,9-14,16H2,1-2H3,(H,29,30). The third-order valence-electron chi connectivity index (χ3n) is 6.59. The Bertz CT molecular complexity index is 983. The van der Waals surface area contributed by atoms with Gasteiger partial charge in [-0.05, 0) is 61.1 Å². The molecule has 1 heterocycles. The molecule has 2 aromatic carbocycles. The predicted molar refractivity (Wildman–Crippen MR) is 120 cm³/mol. The summed E-state index contributed by atoms with van der Waals surface area (Å²) in [6.45, 7) is 3.20. The maximum absolute atomic E-state index is 13.1. The monoisotopic (exact) mass is 422 g/mol. The largest absolute Gasteiger partial charge is 0.497 e. The summed E-state index contributed by atoms with van der Waals surface area (Å²) in [5, 5.41) is 12.7. The first kappa shape index (κ1) is 21.4. The Morgan fingerprint density at radius 2 is 1.97 bits per heavy atom. The van der Waals surface area contributed by atoms with Crippen LogP contribution in [0, 0.1) is 6.92 Å². The van der Waals surface area contributed by atoms with E-state index in [-0.39, 0.29) is 23.8 Å². The van der Waals surface area contributed by atoms with Crippen LogP contribution in [-0.4, -0.2) is 37.2 Å². The fourth-order valence-corrected chi connectivity index (χ4v) is 4.77. The lowest BCUT2D eigenvalue weighted by atomic mass is 9.93. The summed E-state index contributed by atoms with van der Waals surface area (Å²) in [7, 11) is 1.67. The third-order valence-corrected chi connectivity index (χ3v) is 6.59. The SMILES string of the molecule is COc1cccc(C2(NCCC(=O)N3CC(CCC(=O)O)c4c(C)cccc43)CC2)c1. The molecule has 1 fully saturated rings. The molecule has 1 atom stereocenters. The van der Waals surface area contributed by atoms with Gasteiger partial charge >= 0.3 is 5.97 Å². The number of anilines is 1. The molecule has 1 saturated carbocycles. The lowest BCUT2D eigenvalue weighted by Crippen LogP contribution is -2.35. The van der Waals surface area contributed by atoms with Crippen LogP contribution in [0.4, 0.5) is 5.69 Å². The molecule has 0 radical (unpaired) electrons. The van der Waals surface area contributed by atoms with E-state index in [4.69, 9.17) is 9.84 Å². The van der Waals surface area contributed by atoms with Gasteiger partial charge in [-0.1, -0.05) is 24.3 Å². The van der Waals surface area contributed by atoms with E-state index in [0.717, 1.165) is 35.4 Å². The second kappa shape index (κ2) is 8.71. The molecule has 0 spiro atoms. The van der Waals surface area contributed by atoms with Crippen molar-refractivity contribution in [3.05, 3.63) is 59.2 Å². The Morgan fingerprint density at radius 3 is 2.68 bits per heavy atom. The number of benzene rings is 2. The molecule has 0 bridgehead atoms. The van der Waals surface area contributed by atoms with E-state index < -0.39 is 5.97 Å². The van der Waals surface area contributed by atoms with E-state index in [1.54, 1.807) is 7.11 Å². The zero-order valence-corrected chi connectivity index (χ0v) is 18.2. The second-order valence-corrected chi connectivity index (χ2v) is 8.63. The van der Waals surface area contributed by atoms with Crippen molar-refractivity contribution >= 4 is 17.6 Å². The molecule has 2 N–H and O–H groups in total. The molecule has 4 rings (SSSR count). The number of hydrogen-bond acceptors (Lipinski definition) is 4. The number of ether oxygens (including phenoxy) is 1. The summed E-state index contributed by atoms with van der Waals surface area (Å²) in [6.07, 6.45) is 3.18. The molecule has 0 saturated heterocycles. The van der Waals surface area contributed by atoms with Gasteiger partial charge in [0.25, 0.3) is 0 Å². The lowest BCUT2D eigenvalue weighted by Gasteiger charge is -2.21. The lowest BCUT2D eigenvalue weighted by molar-refractivity contribution is -0.137. The number of aryl methyl sites for hydroxylation is 1. The molecular formula is C25H30N2O4. The van der Waals surface area contributed by atoms with Crippen molar-refractivity contribution in [2.75, 3.05) is 25.1 Å². The third kappa shape index (κ3) is 4.44. The van der Waals surface area contributed by atoms with Crippen molar-refractivity contribution in [3.8, 4) is 5.75 Å². The number of nitrogens with zero attached hydrogens (tertiary/aromatic N) is 1. The Balaban J connectivity index is 1.40. The van der Waals surface area contributed by atoms with Crippen LogP contribution < -0.4 is 15.0 Å². The quantitative estimate of drug-likeness (QED) is 0.639. The maximum Gasteiger partial charge on any atom is 0.303 e. The number of fused-ring (bicyclic) bond motifs is 1. The normalized spacial score (nSPS) is 18.5. The van der Waals surface area contributed by atoms with Crippen LogP contribution in [0.3, 0.4) is 0 Å². The van der Waals surface area contributed by atoms with Gasteiger partial charge in [0.1, 0.15) is 5.75 Å². The Hall–Kier alpha value is -2.86. The average Bonchev–Trinajstić information content (AvgIpc) is 3.45. The zero-order valence-electron chi connectivity index (χ0n) is 18.2. The molecule has 6 heteroatoms. The number of carboxylic acid groups (broad SMARTS) is 1. The fraction of sp³-hybridized carbons (Fsp3) is 0.440. The Labute approximate surface area is 183 Å². The van der Waals surface area contributed by atoms with Gasteiger partial charge in [-0.15, -0.1) is 0 Å². The molecule has 2 aliphatic rings. The summed E-state index contributed by atoms with van der Waals surface area (Å²) in [5.41, 5.74) is 4.33. The minimum atomic E-state index is -0.795. The van der Waals surface area contributed by atoms with E-state index in [9.17, 15) is 9.59 Å². The number of methoxy groups -OCH3 is 1. The summed E-state index contributed by atoms with van der Waals surface area (Å²) in [4.78, 5) is 26.0. The maximum atomic E-state index is 13.1. The number of carboxylic acids is 1. The minimum Gasteiger partial charge on any atom is -0.497 e. The number of carbonyl (C=O) groups is 2. The van der Waals surface area contributed by atoms with Crippen molar-refractivity contribution in [2.24, 2.45) is 0 Å². The van der Waals surface area contributed by atoms with E-state index in [1.807, 2.05) is 42.2 Å². The molecular weight excluding hydrogens is 392 g/mol. The summed E-state index contributed by atoms with van der Waals surface area (Å²) < 4.78 is 5.35. The first-order valence-electron chi connectivity index (χ1n) is 10.9. The number of amides is 1. The van der Waals surface area contributed by atoms with Crippen LogP contribution in [0.15, 0.2) is 42.5 Å². The molecule has 2 aromatic rings. The summed E-state index contributed by atoms with van der Waals surface area (Å²) >= 11 is 0. The van der Waals surface area contributed by atoms with Crippen molar-refractivity contribution in [3.63, 3.8) is 0 Å². The summed E-state index contributed by atoms with van der Waals surface area (Å²) in [5.74, 6) is 0.212. The van der Waals surface area contributed by atoms with Crippen LogP contribution >= 0.6 is 0 Å². The Kier molecular flexibility index (Phi) is 6.01. The van der Waals surface area contributed by atoms with E-state index in [2.05, 4.69) is 17.4 Å². The van der Waals surface area contributed by atoms with Gasteiger partial charge < -0.3 is 20.1 Å². The van der Waals surface area contributed by atoms with Crippen molar-refractivity contribution in [1.29, 1.82) is 0 Å². The first-order chi connectivity index (χ1) is 14.9. The molecule has 164 valence electrons. The highest BCUT2D eigenvalue weighted by atomic mass is 16.5. The van der Waals surface area contributed by atoms with Crippen molar-refractivity contribution in [1.82, 2.24) is 5.32 Å². The minimum absolute atomic E-state index is 0.0572. The smallest absolute Gasteiger partial charge is 0.303 e. The molecule has 1 amide bonds. The fourth-order valence-electron chi connectivity index (χ4n) is 4.77. The van der Waals surface area contributed by atoms with Gasteiger partial charge in [0.05, 0.1) is 7.11 Å². The molecule has 1 unspecified atom stereocenters. The molecule has 0 aromatic heterocycles. The zero-order chi connectivity index (χ0) is 22.0. The number of aliphatic carboxylic acids is 1. The topological polar surface area (TPSA) is 78.9 Å². The van der Waals surface area contributed by atoms with Crippen LogP contribution in [0.5, 0.6) is 5.75 Å². The number of carbonyl (C=O) groups excluding carboxylic acids is 1. The van der Waals surface area contributed by atoms with Crippen LogP contribution in [0.25, 0.3) is 0 Å². The van der Waals surface area contributed by atoms with E-state index in [0.29, 0.717) is 25.9 Å². The van der Waals surface area contributed by atoms with Crippen LogP contribution in [-0.2, 0) is 15.1 Å². The highest BCUT2D eigenvalue weighted by Crippen LogP contribution is 2.46. The molecule has 31 heavy (non-hydrogen) atoms. The molecule has 6 nitrogen and oxygen atoms in total. The van der Waals surface area contributed by atoms with Crippen LogP contribution in [0.1, 0.15) is 54.7 Å². The number of nitrogens with one attached hydrogen (secondary N) is 1. The predicted octanol–water partition coefficient (Wildman–Crippen LogP) is 3.97. The average molecular weight is 423 g/mol. The van der Waals surface area contributed by atoms with Gasteiger partial charge in [0.15, 0.2) is 0 Å². The van der Waals surface area contributed by atoms with Gasteiger partial charge in [0, 0.05) is 43.1 Å². The van der Waals surface area contributed by atoms with Crippen molar-refractivity contribution < 1.29 is 19.4 Å². The van der Waals surface area contributed by atoms with Gasteiger partial charge in [0.2, 0.25) is 5.91 Å². The molecule has 1 aliphatic carbocycles. The van der Waals surface area contributed by atoms with E-state index >= 15 is 0 Å². The number of rotatable bonds is 9. The summed E-state index contributed by atoms with van der Waals surface area (Å²) in [6, 6.07) is 14.1. The second-order valence-electron chi connectivity index (χ2n) is 8.63. The van der Waals surface area contributed by atoms with Gasteiger partial charge in [-0.25, -0.2) is 0 Å². The van der Waals surface area contributed by atoms with Gasteiger partial charge in [-0.3, -0.25) is 9.59 Å². The van der Waals surface area contributed by atoms with Gasteiger partial charge in [-0.2, -0.15) is 0 Å². The van der Waals surface area contributed by atoms with Crippen molar-refractivity contribution in [2.45, 2.75) is 50.5 Å². The first-order valence-corrected chi connectivity index (χ1v) is 10.9. The van der Waals surface area contributed by atoms with E-state index in [1.165, 1.54) is 5.56 Å². The highest BCUT2D eigenvalue weighted by Gasteiger charge is 2.44. The molecule has 1 aliphatic heterocycles. The highest BCUT2D eigenvalue weighted by molar-refractivity contribution is 5.96. The number of hydrogen-bond donors (Lipinski definition) is 2.